The maximum atomic E-state index is 12.3. The Morgan fingerprint density at radius 1 is 1.35 bits per heavy atom. The molecular formula is C18H26N2O2S. The largest absolute Gasteiger partial charge is 0.349 e. The average Bonchev–Trinajstić information content (AvgIpc) is 2.54. The molecule has 4 nitrogen and oxygen atoms in total. The van der Waals surface area contributed by atoms with Crippen LogP contribution in [-0.2, 0) is 16.0 Å². The smallest absolute Gasteiger partial charge is 0.233 e. The maximum absolute atomic E-state index is 12.3. The number of hydrogen-bond donors (Lipinski definition) is 2. The Labute approximate surface area is 142 Å². The molecule has 0 aliphatic carbocycles. The molecule has 126 valence electrons. The van der Waals surface area contributed by atoms with Crippen molar-refractivity contribution in [1.29, 1.82) is 0 Å². The highest BCUT2D eigenvalue weighted by Gasteiger charge is 2.19. The monoisotopic (exact) mass is 334 g/mol. The molecule has 1 aromatic rings. The summed E-state index contributed by atoms with van der Waals surface area (Å²) in [5.41, 5.74) is 3.12. The zero-order valence-electron chi connectivity index (χ0n) is 14.1. The summed E-state index contributed by atoms with van der Waals surface area (Å²) in [5.74, 6) is 1.19. The van der Waals surface area contributed by atoms with Gasteiger partial charge < -0.3 is 10.6 Å². The molecule has 2 amide bonds. The van der Waals surface area contributed by atoms with Crippen LogP contribution in [0.25, 0.3) is 0 Å². The van der Waals surface area contributed by atoms with E-state index in [-0.39, 0.29) is 23.1 Å². The molecule has 1 aliphatic rings. The number of unbranched alkanes of at least 4 members (excludes halogenated alkanes) is 1. The molecule has 2 atom stereocenters. The summed E-state index contributed by atoms with van der Waals surface area (Å²) >= 11 is 1.71. The van der Waals surface area contributed by atoms with Crippen molar-refractivity contribution in [2.75, 3.05) is 11.1 Å². The number of rotatable bonds is 7. The van der Waals surface area contributed by atoms with Crippen molar-refractivity contribution >= 4 is 29.3 Å². The predicted octanol–water partition coefficient (Wildman–Crippen LogP) is 3.67. The lowest BCUT2D eigenvalue weighted by Gasteiger charge is -2.21. The number of aryl methyl sites for hydroxylation is 1. The number of carbonyl (C=O) groups is 2. The van der Waals surface area contributed by atoms with E-state index in [1.165, 1.54) is 0 Å². The van der Waals surface area contributed by atoms with Gasteiger partial charge in [0.25, 0.3) is 0 Å². The lowest BCUT2D eigenvalue weighted by atomic mass is 9.98. The molecule has 0 fully saturated rings. The number of anilines is 1. The molecule has 0 unspecified atom stereocenters. The molecule has 2 N–H and O–H groups in total. The average molecular weight is 334 g/mol. The van der Waals surface area contributed by atoms with Crippen LogP contribution in [0.15, 0.2) is 18.2 Å². The standard InChI is InChI=1S/C18H26N2O2S/c1-4-5-10-23-13(3)18(22)19-12(2)14-6-8-16-15(11-14)7-9-17(21)20-16/h6,8,11-13H,4-5,7,9-10H2,1-3H3,(H,19,22)(H,20,21)/t12-,13-/m0/s1. The van der Waals surface area contributed by atoms with E-state index >= 15 is 0 Å². The number of nitrogens with one attached hydrogen (secondary N) is 2. The van der Waals surface area contributed by atoms with E-state index in [0.29, 0.717) is 6.42 Å². The Balaban J connectivity index is 1.94. The summed E-state index contributed by atoms with van der Waals surface area (Å²) in [7, 11) is 0. The Kier molecular flexibility index (Phi) is 6.51. The Morgan fingerprint density at radius 2 is 2.13 bits per heavy atom. The fraction of sp³-hybridized carbons (Fsp3) is 0.556. The van der Waals surface area contributed by atoms with Gasteiger partial charge in [0, 0.05) is 12.1 Å². The second kappa shape index (κ2) is 8.39. The molecule has 0 bridgehead atoms. The number of fused-ring (bicyclic) bond motifs is 1. The van der Waals surface area contributed by atoms with E-state index in [0.717, 1.165) is 41.8 Å². The first kappa shape index (κ1) is 17.9. The van der Waals surface area contributed by atoms with Crippen molar-refractivity contribution in [3.05, 3.63) is 29.3 Å². The lowest BCUT2D eigenvalue weighted by molar-refractivity contribution is -0.121. The first-order valence-corrected chi connectivity index (χ1v) is 9.40. The van der Waals surface area contributed by atoms with Crippen LogP contribution >= 0.6 is 11.8 Å². The highest BCUT2D eigenvalue weighted by Crippen LogP contribution is 2.26. The molecule has 2 rings (SSSR count). The minimum Gasteiger partial charge on any atom is -0.349 e. The normalized spacial score (nSPS) is 16.2. The van der Waals surface area contributed by atoms with E-state index in [4.69, 9.17) is 0 Å². The maximum Gasteiger partial charge on any atom is 0.233 e. The number of hydrogen-bond acceptors (Lipinski definition) is 3. The molecule has 1 aliphatic heterocycles. The fourth-order valence-corrected chi connectivity index (χ4v) is 3.60. The van der Waals surface area contributed by atoms with Gasteiger partial charge in [-0.05, 0) is 49.6 Å². The molecule has 0 spiro atoms. The molecule has 0 radical (unpaired) electrons. The summed E-state index contributed by atoms with van der Waals surface area (Å²) in [6, 6.07) is 5.97. The van der Waals surface area contributed by atoms with E-state index in [1.807, 2.05) is 26.0 Å². The third kappa shape index (κ3) is 4.99. The van der Waals surface area contributed by atoms with Crippen LogP contribution in [0.3, 0.4) is 0 Å². The predicted molar refractivity (Wildman–Crippen MR) is 96.8 cm³/mol. The van der Waals surface area contributed by atoms with Crippen molar-refractivity contribution in [3.63, 3.8) is 0 Å². The molecule has 0 saturated carbocycles. The van der Waals surface area contributed by atoms with Crippen LogP contribution in [0.4, 0.5) is 5.69 Å². The van der Waals surface area contributed by atoms with Gasteiger partial charge in [0.05, 0.1) is 11.3 Å². The van der Waals surface area contributed by atoms with E-state index in [1.54, 1.807) is 11.8 Å². The van der Waals surface area contributed by atoms with Crippen LogP contribution in [0.2, 0.25) is 0 Å². The fourth-order valence-electron chi connectivity index (χ4n) is 2.57. The van der Waals surface area contributed by atoms with Crippen LogP contribution < -0.4 is 10.6 Å². The van der Waals surface area contributed by atoms with E-state index in [9.17, 15) is 9.59 Å². The first-order chi connectivity index (χ1) is 11.0. The Morgan fingerprint density at radius 3 is 2.87 bits per heavy atom. The molecular weight excluding hydrogens is 308 g/mol. The van der Waals surface area contributed by atoms with Gasteiger partial charge in [0.2, 0.25) is 11.8 Å². The SMILES string of the molecule is CCCCS[C@@H](C)C(=O)N[C@@H](C)c1ccc2c(c1)CCC(=O)N2. The van der Waals surface area contributed by atoms with Crippen molar-refractivity contribution < 1.29 is 9.59 Å². The van der Waals surface area contributed by atoms with Crippen molar-refractivity contribution in [2.24, 2.45) is 0 Å². The van der Waals surface area contributed by atoms with Crippen molar-refractivity contribution in [2.45, 2.75) is 57.7 Å². The van der Waals surface area contributed by atoms with Gasteiger partial charge in [-0.1, -0.05) is 25.5 Å². The van der Waals surface area contributed by atoms with Gasteiger partial charge >= 0.3 is 0 Å². The molecule has 1 heterocycles. The minimum absolute atomic E-state index is 0.0269. The minimum atomic E-state index is -0.0281. The number of amides is 2. The van der Waals surface area contributed by atoms with Gasteiger partial charge in [0.15, 0.2) is 0 Å². The number of thioether (sulfide) groups is 1. The molecule has 1 aromatic carbocycles. The van der Waals surface area contributed by atoms with Crippen LogP contribution in [0, 0.1) is 0 Å². The van der Waals surface area contributed by atoms with Crippen molar-refractivity contribution in [1.82, 2.24) is 5.32 Å². The molecule has 0 saturated heterocycles. The summed E-state index contributed by atoms with van der Waals surface area (Å²) in [6.07, 6.45) is 3.60. The van der Waals surface area contributed by atoms with Gasteiger partial charge in [0.1, 0.15) is 0 Å². The zero-order valence-corrected chi connectivity index (χ0v) is 15.0. The quantitative estimate of drug-likeness (QED) is 0.748. The Hall–Kier alpha value is -1.49. The van der Waals surface area contributed by atoms with Gasteiger partial charge in [-0.3, -0.25) is 9.59 Å². The number of benzene rings is 1. The summed E-state index contributed by atoms with van der Waals surface area (Å²) in [4.78, 5) is 23.7. The van der Waals surface area contributed by atoms with Crippen LogP contribution in [-0.4, -0.2) is 22.8 Å². The Bertz CT molecular complexity index is 574. The summed E-state index contributed by atoms with van der Waals surface area (Å²) in [5, 5.41) is 5.95. The van der Waals surface area contributed by atoms with Crippen LogP contribution in [0.1, 0.15) is 57.2 Å². The topological polar surface area (TPSA) is 58.2 Å². The third-order valence-electron chi connectivity index (χ3n) is 4.12. The van der Waals surface area contributed by atoms with Crippen LogP contribution in [0.5, 0.6) is 0 Å². The lowest BCUT2D eigenvalue weighted by Crippen LogP contribution is -2.33. The molecule has 0 aromatic heterocycles. The van der Waals surface area contributed by atoms with Gasteiger partial charge in [-0.15, -0.1) is 11.8 Å². The molecule has 23 heavy (non-hydrogen) atoms. The highest BCUT2D eigenvalue weighted by molar-refractivity contribution is 8.00. The van der Waals surface area contributed by atoms with Crippen molar-refractivity contribution in [3.8, 4) is 0 Å². The third-order valence-corrected chi connectivity index (χ3v) is 5.36. The molecule has 5 heteroatoms. The highest BCUT2D eigenvalue weighted by atomic mass is 32.2. The zero-order chi connectivity index (χ0) is 16.8. The van der Waals surface area contributed by atoms with Gasteiger partial charge in [-0.25, -0.2) is 0 Å². The number of carbonyl (C=O) groups excluding carboxylic acids is 2. The second-order valence-electron chi connectivity index (χ2n) is 6.06. The first-order valence-electron chi connectivity index (χ1n) is 8.36. The van der Waals surface area contributed by atoms with Gasteiger partial charge in [-0.2, -0.15) is 0 Å². The van der Waals surface area contributed by atoms with E-state index in [2.05, 4.69) is 23.6 Å². The summed E-state index contributed by atoms with van der Waals surface area (Å²) < 4.78 is 0. The van der Waals surface area contributed by atoms with E-state index < -0.39 is 0 Å². The summed E-state index contributed by atoms with van der Waals surface area (Å²) in [6.45, 7) is 6.13. The second-order valence-corrected chi connectivity index (χ2v) is 7.51.